The molecule has 0 aromatic carbocycles. The molecule has 0 spiro atoms. The lowest BCUT2D eigenvalue weighted by Crippen LogP contribution is -2.38. The molecule has 2 bridgehead atoms. The third kappa shape index (κ3) is 14.7. The van der Waals surface area contributed by atoms with Crippen LogP contribution in [0.1, 0.15) is 202 Å². The number of hydrogen-bond acceptors (Lipinski definition) is 5. The Kier molecular flexibility index (Phi) is 20.0. The van der Waals surface area contributed by atoms with Crippen LogP contribution in [0.5, 0.6) is 0 Å². The Labute approximate surface area is 278 Å². The van der Waals surface area contributed by atoms with Gasteiger partial charge in [-0.1, -0.05) is 137 Å². The van der Waals surface area contributed by atoms with Gasteiger partial charge in [0, 0.05) is 18.3 Å². The highest BCUT2D eigenvalue weighted by molar-refractivity contribution is 5.69. The normalized spacial score (nSPS) is 22.6. The number of carbonyl (C=O) groups is 2. The third-order valence-corrected chi connectivity index (χ3v) is 12.0. The minimum atomic E-state index is -0.199. The van der Waals surface area contributed by atoms with Crippen molar-refractivity contribution in [3.05, 3.63) is 0 Å². The van der Waals surface area contributed by atoms with Crippen LogP contribution in [0.4, 0.5) is 0 Å². The zero-order valence-corrected chi connectivity index (χ0v) is 30.5. The number of rotatable bonds is 28. The van der Waals surface area contributed by atoms with Crippen LogP contribution in [-0.4, -0.2) is 35.9 Å². The Morgan fingerprint density at radius 2 is 1.20 bits per heavy atom. The Balaban J connectivity index is 1.37. The summed E-state index contributed by atoms with van der Waals surface area (Å²) in [5.41, 5.74) is 0.429. The summed E-state index contributed by atoms with van der Waals surface area (Å²) in [4.78, 5) is 24.6. The van der Waals surface area contributed by atoms with Crippen LogP contribution in [0.2, 0.25) is 0 Å². The molecule has 2 saturated carbocycles. The van der Waals surface area contributed by atoms with Crippen molar-refractivity contribution in [1.29, 1.82) is 0 Å². The minimum Gasteiger partial charge on any atom is -0.466 e. The number of ether oxygens (including phenoxy) is 2. The average Bonchev–Trinajstić information content (AvgIpc) is 3.33. The van der Waals surface area contributed by atoms with Crippen molar-refractivity contribution in [3.8, 4) is 0 Å². The van der Waals surface area contributed by atoms with Crippen LogP contribution in [0.3, 0.4) is 0 Å². The van der Waals surface area contributed by atoms with Crippen LogP contribution in [-0.2, 0) is 19.1 Å². The predicted molar refractivity (Wildman–Crippen MR) is 187 cm³/mol. The summed E-state index contributed by atoms with van der Waals surface area (Å²) in [6.45, 7) is 12.1. The number of esters is 2. The molecule has 5 nitrogen and oxygen atoms in total. The molecule has 264 valence electrons. The first-order valence-electron chi connectivity index (χ1n) is 19.7. The van der Waals surface area contributed by atoms with Gasteiger partial charge >= 0.3 is 11.9 Å². The van der Waals surface area contributed by atoms with Gasteiger partial charge in [0.15, 0.2) is 0 Å². The van der Waals surface area contributed by atoms with Crippen molar-refractivity contribution in [2.75, 3.05) is 6.61 Å². The summed E-state index contributed by atoms with van der Waals surface area (Å²) in [5, 5.41) is 10.4. The van der Waals surface area contributed by atoms with Gasteiger partial charge in [-0.15, -0.1) is 0 Å². The Hall–Kier alpha value is -1.10. The summed E-state index contributed by atoms with van der Waals surface area (Å²) >= 11 is 0. The molecule has 4 atom stereocenters. The van der Waals surface area contributed by atoms with E-state index in [1.807, 2.05) is 0 Å². The number of aliphatic hydroxyl groups excluding tert-OH is 1. The second-order valence-electron chi connectivity index (χ2n) is 15.7. The first-order chi connectivity index (χ1) is 21.6. The minimum absolute atomic E-state index is 0.00499. The highest BCUT2D eigenvalue weighted by Gasteiger charge is 2.62. The van der Waals surface area contributed by atoms with E-state index < -0.39 is 0 Å². The van der Waals surface area contributed by atoms with Crippen LogP contribution in [0.15, 0.2) is 0 Å². The topological polar surface area (TPSA) is 72.8 Å². The van der Waals surface area contributed by atoms with Crippen LogP contribution < -0.4 is 0 Å². The van der Waals surface area contributed by atoms with E-state index in [1.165, 1.54) is 64.2 Å². The largest absolute Gasteiger partial charge is 0.466 e. The summed E-state index contributed by atoms with van der Waals surface area (Å²) < 4.78 is 11.5. The summed E-state index contributed by atoms with van der Waals surface area (Å²) in [5.74, 6) is 1.38. The van der Waals surface area contributed by atoms with Crippen molar-refractivity contribution in [2.45, 2.75) is 214 Å². The van der Waals surface area contributed by atoms with Gasteiger partial charge in [0.2, 0.25) is 0 Å². The number of fused-ring (bicyclic) bond motifs is 2. The molecule has 2 unspecified atom stereocenters. The maximum absolute atomic E-state index is 12.5. The Morgan fingerprint density at radius 3 is 1.71 bits per heavy atom. The fourth-order valence-electron chi connectivity index (χ4n) is 8.24. The zero-order valence-electron chi connectivity index (χ0n) is 30.5. The third-order valence-electron chi connectivity index (χ3n) is 12.0. The van der Waals surface area contributed by atoms with Gasteiger partial charge in [-0.05, 0) is 68.6 Å². The van der Waals surface area contributed by atoms with Crippen molar-refractivity contribution in [2.24, 2.45) is 22.7 Å². The molecule has 0 aromatic rings. The molecule has 2 fully saturated rings. The molecule has 45 heavy (non-hydrogen) atoms. The van der Waals surface area contributed by atoms with Crippen molar-refractivity contribution in [1.82, 2.24) is 0 Å². The maximum Gasteiger partial charge on any atom is 0.306 e. The summed E-state index contributed by atoms with van der Waals surface area (Å²) in [7, 11) is 0. The van der Waals surface area contributed by atoms with Gasteiger partial charge in [-0.2, -0.15) is 0 Å². The quantitative estimate of drug-likeness (QED) is 0.0684. The molecule has 0 aliphatic heterocycles. The standard InChI is InChI=1S/C40H74O5/c1-6-8-16-22-33(23-17-9-7-2)29-31-44-37(42)26-20-14-10-12-18-24-35(41)25-19-13-11-15-21-27-38(43)45-36-32-34-28-30-40(36,5)39(34,3)4/h33-36,41H,6-32H2,1-5H3/t34-,35?,36?,40+/m1/s1. The van der Waals surface area contributed by atoms with Crippen molar-refractivity contribution < 1.29 is 24.2 Å². The van der Waals surface area contributed by atoms with Crippen LogP contribution in [0.25, 0.3) is 0 Å². The molecule has 2 aliphatic rings. The second kappa shape index (κ2) is 22.5. The van der Waals surface area contributed by atoms with Gasteiger partial charge in [-0.3, -0.25) is 9.59 Å². The first-order valence-corrected chi connectivity index (χ1v) is 19.7. The smallest absolute Gasteiger partial charge is 0.306 e. The van der Waals surface area contributed by atoms with Gasteiger partial charge in [0.25, 0.3) is 0 Å². The predicted octanol–water partition coefficient (Wildman–Crippen LogP) is 11.3. The lowest BCUT2D eigenvalue weighted by Gasteiger charge is -2.38. The van der Waals surface area contributed by atoms with Gasteiger partial charge in [0.05, 0.1) is 12.7 Å². The van der Waals surface area contributed by atoms with Gasteiger partial charge in [0.1, 0.15) is 6.10 Å². The van der Waals surface area contributed by atoms with Gasteiger partial charge in [-0.25, -0.2) is 0 Å². The molecular weight excluding hydrogens is 560 g/mol. The van der Waals surface area contributed by atoms with E-state index in [-0.39, 0.29) is 35.0 Å². The fourth-order valence-corrected chi connectivity index (χ4v) is 8.24. The first kappa shape index (κ1) is 40.1. The van der Waals surface area contributed by atoms with E-state index in [0.29, 0.717) is 31.3 Å². The monoisotopic (exact) mass is 635 g/mol. The number of unbranched alkanes of at least 4 members (excludes halogenated alkanes) is 12. The van der Waals surface area contributed by atoms with E-state index in [2.05, 4.69) is 34.6 Å². The zero-order chi connectivity index (χ0) is 33.0. The second-order valence-corrected chi connectivity index (χ2v) is 15.7. The van der Waals surface area contributed by atoms with Crippen LogP contribution >= 0.6 is 0 Å². The van der Waals surface area contributed by atoms with Gasteiger partial charge < -0.3 is 14.6 Å². The molecule has 0 aromatic heterocycles. The SMILES string of the molecule is CCCCCC(CCCCC)CCOC(=O)CCCCCCCC(O)CCCCCCCC(=O)OC1C[C@H]2CC[C@]1(C)C2(C)C. The molecule has 2 rings (SSSR count). The lowest BCUT2D eigenvalue weighted by molar-refractivity contribution is -0.157. The molecule has 0 amide bonds. The summed E-state index contributed by atoms with van der Waals surface area (Å²) in [6.07, 6.45) is 28.2. The molecule has 5 heteroatoms. The average molecular weight is 635 g/mol. The van der Waals surface area contributed by atoms with E-state index >= 15 is 0 Å². The lowest BCUT2D eigenvalue weighted by atomic mass is 9.70. The van der Waals surface area contributed by atoms with Crippen molar-refractivity contribution in [3.63, 3.8) is 0 Å². The Morgan fingerprint density at radius 1 is 0.689 bits per heavy atom. The van der Waals surface area contributed by atoms with E-state index in [9.17, 15) is 14.7 Å². The van der Waals surface area contributed by atoms with E-state index in [0.717, 1.165) is 89.9 Å². The highest BCUT2D eigenvalue weighted by atomic mass is 16.5. The van der Waals surface area contributed by atoms with Crippen LogP contribution in [0, 0.1) is 22.7 Å². The maximum atomic E-state index is 12.5. The molecule has 0 heterocycles. The molecule has 2 aliphatic carbocycles. The number of aliphatic hydroxyl groups is 1. The summed E-state index contributed by atoms with van der Waals surface area (Å²) in [6, 6.07) is 0. The Bertz CT molecular complexity index is 784. The molecular formula is C40H74O5. The molecule has 0 saturated heterocycles. The number of carbonyl (C=O) groups excluding carboxylic acids is 2. The number of hydrogen-bond donors (Lipinski definition) is 1. The molecule has 0 radical (unpaired) electrons. The van der Waals surface area contributed by atoms with Crippen molar-refractivity contribution >= 4 is 11.9 Å². The highest BCUT2D eigenvalue weighted by Crippen LogP contribution is 2.66. The van der Waals surface area contributed by atoms with E-state index in [1.54, 1.807) is 0 Å². The fraction of sp³-hybridized carbons (Fsp3) is 0.950. The molecule has 1 N–H and O–H groups in total. The van der Waals surface area contributed by atoms with E-state index in [4.69, 9.17) is 9.47 Å².